The average molecular weight is 284 g/mol. The van der Waals surface area contributed by atoms with Gasteiger partial charge in [-0.1, -0.05) is 26.7 Å². The molecule has 0 saturated carbocycles. The Morgan fingerprint density at radius 3 is 2.60 bits per heavy atom. The lowest BCUT2D eigenvalue weighted by Gasteiger charge is -2.36. The maximum atomic E-state index is 3.53. The van der Waals surface area contributed by atoms with Gasteiger partial charge in [0.15, 0.2) is 0 Å². The summed E-state index contributed by atoms with van der Waals surface area (Å²) in [6, 6.07) is 0.781. The molecule has 1 aliphatic rings. The Kier molecular flexibility index (Phi) is 9.49. The Labute approximate surface area is 127 Å². The zero-order chi connectivity index (χ0) is 14.8. The predicted octanol–water partition coefficient (Wildman–Crippen LogP) is 2.82. The lowest BCUT2D eigenvalue weighted by molar-refractivity contribution is 0.131. The summed E-state index contributed by atoms with van der Waals surface area (Å²) >= 11 is 0. The van der Waals surface area contributed by atoms with E-state index in [0.717, 1.165) is 12.0 Å². The first-order chi connectivity index (χ1) is 9.59. The van der Waals surface area contributed by atoms with E-state index in [-0.39, 0.29) is 0 Å². The van der Waals surface area contributed by atoms with Crippen LogP contribution >= 0.6 is 0 Å². The molecule has 0 aromatic rings. The lowest BCUT2D eigenvalue weighted by Crippen LogP contribution is -2.45. The number of unbranched alkanes of at least 4 members (excludes halogenated alkanes) is 3. The number of hydrogen-bond acceptors (Lipinski definition) is 3. The molecule has 1 saturated heterocycles. The van der Waals surface area contributed by atoms with Crippen molar-refractivity contribution in [2.75, 3.05) is 46.8 Å². The van der Waals surface area contributed by atoms with E-state index in [1.54, 1.807) is 0 Å². The zero-order valence-corrected chi connectivity index (χ0v) is 14.3. The average Bonchev–Trinajstić information content (AvgIpc) is 2.41. The molecule has 120 valence electrons. The highest BCUT2D eigenvalue weighted by atomic mass is 15.2. The second-order valence-electron chi connectivity index (χ2n) is 7.07. The van der Waals surface area contributed by atoms with Crippen molar-refractivity contribution in [3.05, 3.63) is 0 Å². The maximum Gasteiger partial charge on any atom is 0.0217 e. The molecule has 1 heterocycles. The Hall–Kier alpha value is -0.120. The second-order valence-corrected chi connectivity index (χ2v) is 7.07. The Morgan fingerprint density at radius 1 is 1.15 bits per heavy atom. The van der Waals surface area contributed by atoms with Crippen LogP contribution in [0.1, 0.15) is 52.4 Å². The standard InChI is InChI=1S/C17H37N3/c1-16(2)14-18-11-7-5-6-8-12-20-13-9-10-17(15-20)19(3)4/h16-18H,5-15H2,1-4H3. The van der Waals surface area contributed by atoms with Gasteiger partial charge >= 0.3 is 0 Å². The molecule has 1 unspecified atom stereocenters. The molecule has 0 bridgehead atoms. The van der Waals surface area contributed by atoms with Gasteiger partial charge in [-0.2, -0.15) is 0 Å². The summed E-state index contributed by atoms with van der Waals surface area (Å²) in [5.41, 5.74) is 0. The molecule has 0 radical (unpaired) electrons. The highest BCUT2D eigenvalue weighted by Crippen LogP contribution is 2.14. The van der Waals surface area contributed by atoms with Crippen LogP contribution in [0.25, 0.3) is 0 Å². The van der Waals surface area contributed by atoms with Crippen molar-refractivity contribution < 1.29 is 0 Å². The summed E-state index contributed by atoms with van der Waals surface area (Å²) in [5, 5.41) is 3.53. The van der Waals surface area contributed by atoms with Crippen LogP contribution < -0.4 is 5.32 Å². The minimum atomic E-state index is 0.777. The van der Waals surface area contributed by atoms with E-state index in [4.69, 9.17) is 0 Å². The summed E-state index contributed by atoms with van der Waals surface area (Å²) < 4.78 is 0. The molecule has 1 N–H and O–H groups in total. The van der Waals surface area contributed by atoms with Crippen molar-refractivity contribution in [1.29, 1.82) is 0 Å². The molecule has 1 fully saturated rings. The minimum absolute atomic E-state index is 0.777. The van der Waals surface area contributed by atoms with Gasteiger partial charge in [0.2, 0.25) is 0 Å². The Balaban J connectivity index is 1.93. The lowest BCUT2D eigenvalue weighted by atomic mass is 10.0. The van der Waals surface area contributed by atoms with E-state index in [1.165, 1.54) is 71.2 Å². The van der Waals surface area contributed by atoms with Gasteiger partial charge in [0, 0.05) is 12.6 Å². The zero-order valence-electron chi connectivity index (χ0n) is 14.3. The summed E-state index contributed by atoms with van der Waals surface area (Å²) in [4.78, 5) is 5.07. The molecule has 1 atom stereocenters. The van der Waals surface area contributed by atoms with E-state index < -0.39 is 0 Å². The van der Waals surface area contributed by atoms with Gasteiger partial charge in [0.1, 0.15) is 0 Å². The summed E-state index contributed by atoms with van der Waals surface area (Å²) in [5.74, 6) is 0.777. The van der Waals surface area contributed by atoms with Crippen LogP contribution in [0.3, 0.4) is 0 Å². The van der Waals surface area contributed by atoms with Crippen LogP contribution in [0.15, 0.2) is 0 Å². The van der Waals surface area contributed by atoms with Gasteiger partial charge in [0.25, 0.3) is 0 Å². The molecule has 20 heavy (non-hydrogen) atoms. The van der Waals surface area contributed by atoms with Crippen LogP contribution in [0.5, 0.6) is 0 Å². The van der Waals surface area contributed by atoms with Crippen molar-refractivity contribution in [3.8, 4) is 0 Å². The fourth-order valence-electron chi connectivity index (χ4n) is 2.99. The molecule has 0 aromatic heterocycles. The minimum Gasteiger partial charge on any atom is -0.316 e. The number of hydrogen-bond donors (Lipinski definition) is 1. The van der Waals surface area contributed by atoms with Crippen LogP contribution in [0.2, 0.25) is 0 Å². The fraction of sp³-hybridized carbons (Fsp3) is 1.00. The fourth-order valence-corrected chi connectivity index (χ4v) is 2.99. The molecule has 0 aromatic carbocycles. The van der Waals surface area contributed by atoms with E-state index in [9.17, 15) is 0 Å². The van der Waals surface area contributed by atoms with Crippen molar-refractivity contribution in [3.63, 3.8) is 0 Å². The van der Waals surface area contributed by atoms with Gasteiger partial charge < -0.3 is 15.1 Å². The van der Waals surface area contributed by atoms with E-state index >= 15 is 0 Å². The third-order valence-corrected chi connectivity index (χ3v) is 4.34. The largest absolute Gasteiger partial charge is 0.316 e. The van der Waals surface area contributed by atoms with Gasteiger partial charge in [-0.25, -0.2) is 0 Å². The van der Waals surface area contributed by atoms with E-state index in [1.807, 2.05) is 0 Å². The molecule has 0 aliphatic carbocycles. The smallest absolute Gasteiger partial charge is 0.0217 e. The van der Waals surface area contributed by atoms with E-state index in [0.29, 0.717) is 0 Å². The predicted molar refractivity (Wildman–Crippen MR) is 89.3 cm³/mol. The van der Waals surface area contributed by atoms with Gasteiger partial charge in [0.05, 0.1) is 0 Å². The second kappa shape index (κ2) is 10.6. The van der Waals surface area contributed by atoms with Crippen molar-refractivity contribution >= 4 is 0 Å². The summed E-state index contributed by atoms with van der Waals surface area (Å²) in [7, 11) is 4.44. The molecule has 0 spiro atoms. The Bertz CT molecular complexity index is 228. The topological polar surface area (TPSA) is 18.5 Å². The van der Waals surface area contributed by atoms with Gasteiger partial charge in [-0.15, -0.1) is 0 Å². The highest BCUT2D eigenvalue weighted by Gasteiger charge is 2.20. The first-order valence-electron chi connectivity index (χ1n) is 8.69. The molecule has 1 rings (SSSR count). The summed E-state index contributed by atoms with van der Waals surface area (Å²) in [6.07, 6.45) is 8.26. The first kappa shape index (κ1) is 17.9. The number of likely N-dealkylation sites (tertiary alicyclic amines) is 1. The third kappa shape index (κ3) is 8.23. The molecular formula is C17H37N3. The van der Waals surface area contributed by atoms with Crippen LogP contribution in [-0.2, 0) is 0 Å². The number of rotatable bonds is 10. The van der Waals surface area contributed by atoms with Crippen LogP contribution in [0, 0.1) is 5.92 Å². The first-order valence-corrected chi connectivity index (χ1v) is 8.69. The quantitative estimate of drug-likeness (QED) is 0.622. The SMILES string of the molecule is CC(C)CNCCCCCCN1CCCC(N(C)C)C1. The van der Waals surface area contributed by atoms with Crippen molar-refractivity contribution in [2.24, 2.45) is 5.92 Å². The van der Waals surface area contributed by atoms with Crippen molar-refractivity contribution in [2.45, 2.75) is 58.4 Å². The number of nitrogens with one attached hydrogen (secondary N) is 1. The third-order valence-electron chi connectivity index (χ3n) is 4.34. The normalized spacial score (nSPS) is 21.0. The molecule has 3 heteroatoms. The molecule has 3 nitrogen and oxygen atoms in total. The van der Waals surface area contributed by atoms with E-state index in [2.05, 4.69) is 43.1 Å². The molecular weight excluding hydrogens is 246 g/mol. The highest BCUT2D eigenvalue weighted by molar-refractivity contribution is 4.77. The monoisotopic (exact) mass is 283 g/mol. The molecule has 1 aliphatic heterocycles. The van der Waals surface area contributed by atoms with Crippen LogP contribution in [-0.4, -0.2) is 62.7 Å². The number of likely N-dealkylation sites (N-methyl/N-ethyl adjacent to an activating group) is 1. The Morgan fingerprint density at radius 2 is 1.90 bits per heavy atom. The number of nitrogens with zero attached hydrogens (tertiary/aromatic N) is 2. The van der Waals surface area contributed by atoms with Gasteiger partial charge in [-0.3, -0.25) is 0 Å². The number of piperidine rings is 1. The van der Waals surface area contributed by atoms with Crippen LogP contribution in [0.4, 0.5) is 0 Å². The summed E-state index contributed by atoms with van der Waals surface area (Å²) in [6.45, 7) is 10.8. The van der Waals surface area contributed by atoms with Crippen molar-refractivity contribution in [1.82, 2.24) is 15.1 Å². The maximum absolute atomic E-state index is 3.53. The molecule has 0 amide bonds. The van der Waals surface area contributed by atoms with Gasteiger partial charge in [-0.05, 0) is 71.9 Å².